The molecule has 0 fully saturated rings. The van der Waals surface area contributed by atoms with Gasteiger partial charge < -0.3 is 9.73 Å². The Morgan fingerprint density at radius 2 is 2.33 bits per heavy atom. The maximum Gasteiger partial charge on any atom is 0.126 e. The molecule has 0 aromatic carbocycles. The average molecular weight is 302 g/mol. The molecule has 2 heterocycles. The minimum absolute atomic E-state index is 0.111. The zero-order valence-corrected chi connectivity index (χ0v) is 12.6. The molecular weight excluding hydrogens is 286 g/mol. The van der Waals surface area contributed by atoms with Crippen molar-refractivity contribution in [2.45, 2.75) is 12.5 Å². The minimum Gasteiger partial charge on any atom is -0.467 e. The van der Waals surface area contributed by atoms with Crippen LogP contribution in [0, 0.1) is 0 Å². The fourth-order valence-corrected chi connectivity index (χ4v) is 3.32. The van der Waals surface area contributed by atoms with Gasteiger partial charge in [-0.3, -0.25) is 0 Å². The summed E-state index contributed by atoms with van der Waals surface area (Å²) < 4.78 is 6.32. The van der Waals surface area contributed by atoms with E-state index in [4.69, 9.17) is 16.0 Å². The van der Waals surface area contributed by atoms with Crippen LogP contribution in [0.3, 0.4) is 0 Å². The fourth-order valence-electron chi connectivity index (χ4n) is 1.74. The predicted octanol–water partition coefficient (Wildman–Crippen LogP) is 4.43. The lowest BCUT2D eigenvalue weighted by Crippen LogP contribution is -2.22. The van der Waals surface area contributed by atoms with Gasteiger partial charge in [0.1, 0.15) is 11.8 Å². The van der Waals surface area contributed by atoms with E-state index in [0.29, 0.717) is 0 Å². The lowest BCUT2D eigenvalue weighted by atomic mass is 10.2. The molecule has 0 aliphatic heterocycles. The summed E-state index contributed by atoms with van der Waals surface area (Å²) in [5.74, 6) is 2.11. The minimum atomic E-state index is 0.111. The van der Waals surface area contributed by atoms with Gasteiger partial charge in [0.2, 0.25) is 0 Å². The monoisotopic (exact) mass is 301 g/mol. The molecule has 98 valence electrons. The van der Waals surface area contributed by atoms with Crippen LogP contribution in [0.1, 0.15) is 23.1 Å². The van der Waals surface area contributed by atoms with Crippen LogP contribution < -0.4 is 5.32 Å². The first-order valence-corrected chi connectivity index (χ1v) is 8.41. The van der Waals surface area contributed by atoms with Crippen LogP contribution in [0.15, 0.2) is 34.9 Å². The van der Waals surface area contributed by atoms with Gasteiger partial charge in [-0.25, -0.2) is 0 Å². The van der Waals surface area contributed by atoms with Gasteiger partial charge in [0.15, 0.2) is 0 Å². The summed E-state index contributed by atoms with van der Waals surface area (Å²) in [6.07, 6.45) is 4.99. The Labute approximate surface area is 121 Å². The maximum atomic E-state index is 6.01. The highest BCUT2D eigenvalue weighted by Crippen LogP contribution is 2.31. The second-order valence-electron chi connectivity index (χ2n) is 3.89. The number of furan rings is 1. The van der Waals surface area contributed by atoms with Gasteiger partial charge in [0.25, 0.3) is 0 Å². The van der Waals surface area contributed by atoms with Gasteiger partial charge in [-0.2, -0.15) is 11.8 Å². The number of halogens is 1. The Kier molecular flexibility index (Phi) is 5.63. The van der Waals surface area contributed by atoms with E-state index in [-0.39, 0.29) is 6.04 Å². The van der Waals surface area contributed by atoms with Crippen LogP contribution in [-0.4, -0.2) is 18.6 Å². The highest BCUT2D eigenvalue weighted by Gasteiger charge is 2.17. The van der Waals surface area contributed by atoms with Crippen molar-refractivity contribution >= 4 is 34.7 Å². The molecule has 1 atom stereocenters. The van der Waals surface area contributed by atoms with E-state index in [2.05, 4.69) is 17.6 Å². The van der Waals surface area contributed by atoms with Crippen LogP contribution in [-0.2, 0) is 0 Å². The zero-order valence-electron chi connectivity index (χ0n) is 10.2. The molecule has 2 nitrogen and oxygen atoms in total. The van der Waals surface area contributed by atoms with Crippen molar-refractivity contribution in [3.05, 3.63) is 45.5 Å². The topological polar surface area (TPSA) is 25.2 Å². The van der Waals surface area contributed by atoms with Crippen molar-refractivity contribution in [2.75, 3.05) is 18.6 Å². The van der Waals surface area contributed by atoms with Crippen molar-refractivity contribution in [1.82, 2.24) is 5.32 Å². The summed E-state index contributed by atoms with van der Waals surface area (Å²) in [6, 6.07) is 8.02. The molecule has 0 bridgehead atoms. The molecular formula is C13H16ClNOS2. The van der Waals surface area contributed by atoms with Crippen molar-refractivity contribution in [3.8, 4) is 0 Å². The molecule has 0 radical (unpaired) electrons. The Bertz CT molecular complexity index is 455. The second kappa shape index (κ2) is 7.24. The van der Waals surface area contributed by atoms with E-state index >= 15 is 0 Å². The molecule has 2 rings (SSSR count). The zero-order chi connectivity index (χ0) is 12.8. The predicted molar refractivity (Wildman–Crippen MR) is 80.9 cm³/mol. The smallest absolute Gasteiger partial charge is 0.126 e. The fraction of sp³-hybridized carbons (Fsp3) is 0.385. The molecule has 0 aliphatic rings. The second-order valence-corrected chi connectivity index (χ2v) is 6.62. The van der Waals surface area contributed by atoms with Crippen LogP contribution in [0.2, 0.25) is 4.34 Å². The van der Waals surface area contributed by atoms with E-state index in [1.165, 1.54) is 10.6 Å². The first-order valence-electron chi connectivity index (χ1n) is 5.82. The Balaban J connectivity index is 2.04. The van der Waals surface area contributed by atoms with Crippen molar-refractivity contribution in [2.24, 2.45) is 0 Å². The number of thioether (sulfide) groups is 1. The number of thiophene rings is 1. The van der Waals surface area contributed by atoms with E-state index in [1.54, 1.807) is 17.6 Å². The van der Waals surface area contributed by atoms with Gasteiger partial charge >= 0.3 is 0 Å². The van der Waals surface area contributed by atoms with E-state index in [9.17, 15) is 0 Å². The number of rotatable bonds is 7. The van der Waals surface area contributed by atoms with E-state index in [1.807, 2.05) is 30.0 Å². The van der Waals surface area contributed by atoms with Crippen molar-refractivity contribution in [1.29, 1.82) is 0 Å². The normalized spacial score (nSPS) is 12.8. The molecule has 18 heavy (non-hydrogen) atoms. The van der Waals surface area contributed by atoms with E-state index in [0.717, 1.165) is 23.1 Å². The van der Waals surface area contributed by atoms with Gasteiger partial charge in [-0.05, 0) is 49.2 Å². The third-order valence-electron chi connectivity index (χ3n) is 2.58. The highest BCUT2D eigenvalue weighted by atomic mass is 35.5. The first kappa shape index (κ1) is 14.0. The Morgan fingerprint density at radius 1 is 1.44 bits per heavy atom. The van der Waals surface area contributed by atoms with Gasteiger partial charge in [-0.15, -0.1) is 11.3 Å². The van der Waals surface area contributed by atoms with Crippen LogP contribution >= 0.6 is 34.7 Å². The Hall–Kier alpha value is -0.420. The van der Waals surface area contributed by atoms with Crippen LogP contribution in [0.5, 0.6) is 0 Å². The van der Waals surface area contributed by atoms with Gasteiger partial charge in [0, 0.05) is 4.88 Å². The third kappa shape index (κ3) is 3.79. The summed E-state index contributed by atoms with van der Waals surface area (Å²) in [4.78, 5) is 1.19. The maximum absolute atomic E-state index is 6.01. The SMILES string of the molecule is CSCCCNC(c1ccco1)c1ccc(Cl)s1. The van der Waals surface area contributed by atoms with Gasteiger partial charge in [-0.1, -0.05) is 11.6 Å². The number of nitrogens with one attached hydrogen (secondary N) is 1. The quantitative estimate of drug-likeness (QED) is 0.766. The van der Waals surface area contributed by atoms with Crippen LogP contribution in [0.25, 0.3) is 0 Å². The third-order valence-corrected chi connectivity index (χ3v) is 4.57. The molecule has 0 amide bonds. The summed E-state index contributed by atoms with van der Waals surface area (Å²) >= 11 is 9.47. The van der Waals surface area contributed by atoms with E-state index < -0.39 is 0 Å². The summed E-state index contributed by atoms with van der Waals surface area (Å²) in [6.45, 7) is 0.974. The summed E-state index contributed by atoms with van der Waals surface area (Å²) in [7, 11) is 0. The molecule has 0 aliphatic carbocycles. The first-order chi connectivity index (χ1) is 8.81. The molecule has 1 unspecified atom stereocenters. The largest absolute Gasteiger partial charge is 0.467 e. The average Bonchev–Trinajstić information content (AvgIpc) is 3.01. The van der Waals surface area contributed by atoms with Crippen molar-refractivity contribution in [3.63, 3.8) is 0 Å². The lowest BCUT2D eigenvalue weighted by molar-refractivity contribution is 0.450. The summed E-state index contributed by atoms with van der Waals surface area (Å²) in [5, 5.41) is 3.53. The molecule has 0 saturated heterocycles. The van der Waals surface area contributed by atoms with Crippen LogP contribution in [0.4, 0.5) is 0 Å². The summed E-state index contributed by atoms with van der Waals surface area (Å²) in [5.41, 5.74) is 0. The molecule has 2 aromatic rings. The molecule has 1 N–H and O–H groups in total. The standard InChI is InChI=1S/C13H16ClNOS2/c1-17-9-3-7-15-13(10-4-2-8-16-10)11-5-6-12(14)18-11/h2,4-6,8,13,15H,3,7,9H2,1H3. The lowest BCUT2D eigenvalue weighted by Gasteiger charge is -2.14. The molecule has 0 spiro atoms. The molecule has 0 saturated carbocycles. The highest BCUT2D eigenvalue weighted by molar-refractivity contribution is 7.98. The van der Waals surface area contributed by atoms with Crippen molar-refractivity contribution < 1.29 is 4.42 Å². The molecule has 5 heteroatoms. The molecule has 2 aromatic heterocycles. The number of hydrogen-bond acceptors (Lipinski definition) is 4. The van der Waals surface area contributed by atoms with Gasteiger partial charge in [0.05, 0.1) is 10.6 Å². The number of hydrogen-bond donors (Lipinski definition) is 1. The Morgan fingerprint density at radius 3 is 2.94 bits per heavy atom.